The van der Waals surface area contributed by atoms with E-state index in [2.05, 4.69) is 10.3 Å². The number of benzene rings is 1. The lowest BCUT2D eigenvalue weighted by Crippen LogP contribution is -2.41. The molecule has 0 saturated heterocycles. The van der Waals surface area contributed by atoms with E-state index in [0.29, 0.717) is 16.7 Å². The number of nitrogens with zero attached hydrogens (tertiary/aromatic N) is 1. The molecule has 1 amide bonds. The van der Waals surface area contributed by atoms with Crippen LogP contribution in [-0.4, -0.2) is 36.7 Å². The standard InChI is InChI=1S/C19H25N3O4S/c1-2-27(26)14-7-5-6-13(12-14)20-17(23)10-11-22-16-9-4-3-8-15(16)18(24)21-19(22)25/h3-4,8-9,13-14H,2,5-7,10-12H2,1H3,(H,20,23)(H,21,24,25)/t13-,14-,27+/m1/s1. The molecule has 1 saturated carbocycles. The zero-order valence-corrected chi connectivity index (χ0v) is 16.2. The highest BCUT2D eigenvalue weighted by Crippen LogP contribution is 2.23. The molecule has 7 nitrogen and oxygen atoms in total. The minimum absolute atomic E-state index is 0.0378. The molecule has 0 aliphatic heterocycles. The van der Waals surface area contributed by atoms with Gasteiger partial charge in [0.2, 0.25) is 5.91 Å². The van der Waals surface area contributed by atoms with Crippen molar-refractivity contribution in [1.82, 2.24) is 14.9 Å². The largest absolute Gasteiger partial charge is 0.353 e. The second kappa shape index (κ2) is 8.65. The fourth-order valence-electron chi connectivity index (χ4n) is 3.73. The fourth-order valence-corrected chi connectivity index (χ4v) is 5.08. The van der Waals surface area contributed by atoms with Gasteiger partial charge in [-0.3, -0.25) is 23.3 Å². The Morgan fingerprint density at radius 3 is 2.85 bits per heavy atom. The van der Waals surface area contributed by atoms with Crippen LogP contribution < -0.4 is 16.6 Å². The summed E-state index contributed by atoms with van der Waals surface area (Å²) in [6.07, 6.45) is 3.70. The Bertz CT molecular complexity index is 965. The minimum atomic E-state index is -0.834. The lowest BCUT2D eigenvalue weighted by Gasteiger charge is -2.29. The highest BCUT2D eigenvalue weighted by molar-refractivity contribution is 7.85. The molecule has 1 aliphatic carbocycles. The maximum Gasteiger partial charge on any atom is 0.328 e. The minimum Gasteiger partial charge on any atom is -0.353 e. The molecule has 1 aliphatic rings. The lowest BCUT2D eigenvalue weighted by atomic mass is 9.95. The van der Waals surface area contributed by atoms with Gasteiger partial charge in [-0.1, -0.05) is 25.5 Å². The van der Waals surface area contributed by atoms with Crippen LogP contribution in [0.15, 0.2) is 33.9 Å². The first-order valence-corrected chi connectivity index (χ1v) is 10.8. The van der Waals surface area contributed by atoms with Crippen LogP contribution >= 0.6 is 0 Å². The molecule has 8 heteroatoms. The molecule has 0 bridgehead atoms. The number of amides is 1. The number of aromatic nitrogens is 2. The van der Waals surface area contributed by atoms with Gasteiger partial charge in [0, 0.05) is 40.8 Å². The van der Waals surface area contributed by atoms with Crippen LogP contribution in [0.25, 0.3) is 10.9 Å². The molecular weight excluding hydrogens is 366 g/mol. The average Bonchev–Trinajstić information content (AvgIpc) is 2.67. The number of rotatable bonds is 6. The summed E-state index contributed by atoms with van der Waals surface area (Å²) < 4.78 is 13.5. The van der Waals surface area contributed by atoms with Gasteiger partial charge in [-0.15, -0.1) is 0 Å². The van der Waals surface area contributed by atoms with E-state index in [0.717, 1.165) is 25.7 Å². The Morgan fingerprint density at radius 1 is 1.30 bits per heavy atom. The van der Waals surface area contributed by atoms with Crippen LogP contribution in [0.5, 0.6) is 0 Å². The maximum atomic E-state index is 12.4. The SMILES string of the molecule is CC[S@](=O)[C@@H]1CCC[C@@H](NC(=O)CCn2c(=O)[nH]c(=O)c3ccccc32)C1. The number of hydrogen-bond donors (Lipinski definition) is 2. The van der Waals surface area contributed by atoms with Crippen molar-refractivity contribution < 1.29 is 9.00 Å². The van der Waals surface area contributed by atoms with E-state index in [1.165, 1.54) is 4.57 Å². The molecule has 1 heterocycles. The highest BCUT2D eigenvalue weighted by Gasteiger charge is 2.26. The Balaban J connectivity index is 1.65. The number of para-hydroxylation sites is 1. The number of aryl methyl sites for hydroxylation is 1. The predicted molar refractivity (Wildman–Crippen MR) is 106 cm³/mol. The zero-order chi connectivity index (χ0) is 19.4. The molecule has 2 N–H and O–H groups in total. The Hall–Kier alpha value is -2.22. The van der Waals surface area contributed by atoms with E-state index >= 15 is 0 Å². The number of hydrogen-bond acceptors (Lipinski definition) is 4. The summed E-state index contributed by atoms with van der Waals surface area (Å²) in [5.74, 6) is 0.512. The first kappa shape index (κ1) is 19.5. The maximum absolute atomic E-state index is 12.4. The van der Waals surface area contributed by atoms with Crippen LogP contribution in [0, 0.1) is 0 Å². The summed E-state index contributed by atoms with van der Waals surface area (Å²) in [5, 5.41) is 3.59. The number of aromatic amines is 1. The smallest absolute Gasteiger partial charge is 0.328 e. The summed E-state index contributed by atoms with van der Waals surface area (Å²) in [7, 11) is -0.834. The van der Waals surface area contributed by atoms with Gasteiger partial charge in [0.05, 0.1) is 10.9 Å². The molecule has 1 aromatic heterocycles. The van der Waals surface area contributed by atoms with Gasteiger partial charge in [0.15, 0.2) is 0 Å². The van der Waals surface area contributed by atoms with Gasteiger partial charge >= 0.3 is 5.69 Å². The molecule has 2 aromatic rings. The molecule has 0 unspecified atom stereocenters. The van der Waals surface area contributed by atoms with Crippen LogP contribution in [0.4, 0.5) is 0 Å². The third-order valence-corrected chi connectivity index (χ3v) is 6.86. The summed E-state index contributed by atoms with van der Waals surface area (Å²) in [6.45, 7) is 2.11. The van der Waals surface area contributed by atoms with Gasteiger partial charge in [-0.25, -0.2) is 4.79 Å². The predicted octanol–water partition coefficient (Wildman–Crippen LogP) is 1.28. The lowest BCUT2D eigenvalue weighted by molar-refractivity contribution is -0.122. The van der Waals surface area contributed by atoms with Crippen molar-refractivity contribution in [2.75, 3.05) is 5.75 Å². The van der Waals surface area contributed by atoms with E-state index in [1.807, 2.05) is 6.92 Å². The van der Waals surface area contributed by atoms with Crippen LogP contribution in [0.3, 0.4) is 0 Å². The van der Waals surface area contributed by atoms with Gasteiger partial charge in [-0.05, 0) is 31.4 Å². The summed E-state index contributed by atoms with van der Waals surface area (Å²) in [5.41, 5.74) is -0.411. The first-order valence-electron chi connectivity index (χ1n) is 9.38. The zero-order valence-electron chi connectivity index (χ0n) is 15.4. The molecule has 0 spiro atoms. The highest BCUT2D eigenvalue weighted by atomic mass is 32.2. The molecule has 1 aromatic carbocycles. The van der Waals surface area contributed by atoms with Crippen LogP contribution in [0.1, 0.15) is 39.0 Å². The van der Waals surface area contributed by atoms with Crippen molar-refractivity contribution in [1.29, 1.82) is 0 Å². The third-order valence-electron chi connectivity index (χ3n) is 5.12. The number of carbonyl (C=O) groups excluding carboxylic acids is 1. The van der Waals surface area contributed by atoms with Crippen molar-refractivity contribution in [3.05, 3.63) is 45.1 Å². The summed E-state index contributed by atoms with van der Waals surface area (Å²) in [4.78, 5) is 38.7. The number of nitrogens with one attached hydrogen (secondary N) is 2. The molecule has 146 valence electrons. The van der Waals surface area contributed by atoms with E-state index in [-0.39, 0.29) is 30.2 Å². The molecular formula is C19H25N3O4S. The van der Waals surface area contributed by atoms with Crippen molar-refractivity contribution in [2.45, 2.75) is 56.9 Å². The summed E-state index contributed by atoms with van der Waals surface area (Å²) in [6, 6.07) is 6.89. The second-order valence-corrected chi connectivity index (χ2v) is 8.91. The fraction of sp³-hybridized carbons (Fsp3) is 0.526. The third kappa shape index (κ3) is 4.55. The monoisotopic (exact) mass is 391 g/mol. The molecule has 3 atom stereocenters. The molecule has 0 radical (unpaired) electrons. The molecule has 1 fully saturated rings. The van der Waals surface area contributed by atoms with E-state index in [1.54, 1.807) is 24.3 Å². The van der Waals surface area contributed by atoms with E-state index in [9.17, 15) is 18.6 Å². The van der Waals surface area contributed by atoms with E-state index in [4.69, 9.17) is 0 Å². The quantitative estimate of drug-likeness (QED) is 0.774. The summed E-state index contributed by atoms with van der Waals surface area (Å²) >= 11 is 0. The molecule has 3 rings (SSSR count). The number of H-pyrrole nitrogens is 1. The van der Waals surface area contributed by atoms with Gasteiger partial charge in [-0.2, -0.15) is 0 Å². The van der Waals surface area contributed by atoms with Gasteiger partial charge < -0.3 is 5.32 Å². The van der Waals surface area contributed by atoms with Crippen molar-refractivity contribution in [3.8, 4) is 0 Å². The van der Waals surface area contributed by atoms with Crippen LogP contribution in [-0.2, 0) is 22.1 Å². The van der Waals surface area contributed by atoms with Crippen LogP contribution in [0.2, 0.25) is 0 Å². The topological polar surface area (TPSA) is 101 Å². The van der Waals surface area contributed by atoms with Crippen molar-refractivity contribution in [3.63, 3.8) is 0 Å². The number of carbonyl (C=O) groups is 1. The normalized spacial score (nSPS) is 21.1. The van der Waals surface area contributed by atoms with Crippen molar-refractivity contribution >= 4 is 27.6 Å². The Labute approximate surface area is 159 Å². The number of fused-ring (bicyclic) bond motifs is 1. The van der Waals surface area contributed by atoms with E-state index < -0.39 is 22.0 Å². The Kier molecular flexibility index (Phi) is 6.26. The Morgan fingerprint density at radius 2 is 2.07 bits per heavy atom. The average molecular weight is 391 g/mol. The van der Waals surface area contributed by atoms with Gasteiger partial charge in [0.1, 0.15) is 0 Å². The van der Waals surface area contributed by atoms with Gasteiger partial charge in [0.25, 0.3) is 5.56 Å². The first-order chi connectivity index (χ1) is 13.0. The molecule has 27 heavy (non-hydrogen) atoms. The van der Waals surface area contributed by atoms with Crippen molar-refractivity contribution in [2.24, 2.45) is 0 Å². The second-order valence-electron chi connectivity index (χ2n) is 6.90.